The Kier molecular flexibility index (Phi) is 4.00. The standard InChI is InChI=1S/C14H11Cl2NO/c1-9-6-11(4-5-17-9)14(18)7-10-2-3-12(15)8-13(10)16/h2-6,8H,7H2,1H3. The summed E-state index contributed by atoms with van der Waals surface area (Å²) in [5, 5.41) is 1.08. The number of pyridine rings is 1. The van der Waals surface area contributed by atoms with Crippen molar-refractivity contribution in [2.45, 2.75) is 13.3 Å². The fourth-order valence-electron chi connectivity index (χ4n) is 1.66. The van der Waals surface area contributed by atoms with Crippen LogP contribution in [-0.4, -0.2) is 10.8 Å². The Bertz CT molecular complexity index is 596. The van der Waals surface area contributed by atoms with Crippen LogP contribution in [-0.2, 0) is 6.42 Å². The molecule has 0 unspecified atom stereocenters. The Hall–Kier alpha value is -1.38. The van der Waals surface area contributed by atoms with E-state index in [2.05, 4.69) is 4.98 Å². The van der Waals surface area contributed by atoms with E-state index < -0.39 is 0 Å². The van der Waals surface area contributed by atoms with Gasteiger partial charge in [0.25, 0.3) is 0 Å². The van der Waals surface area contributed by atoms with Crippen molar-refractivity contribution < 1.29 is 4.79 Å². The lowest BCUT2D eigenvalue weighted by atomic mass is 10.0. The van der Waals surface area contributed by atoms with E-state index in [1.54, 1.807) is 36.5 Å². The molecule has 0 fully saturated rings. The van der Waals surface area contributed by atoms with Crippen molar-refractivity contribution in [1.82, 2.24) is 4.98 Å². The van der Waals surface area contributed by atoms with Crippen LogP contribution in [0.3, 0.4) is 0 Å². The molecule has 0 spiro atoms. The summed E-state index contributed by atoms with van der Waals surface area (Å²) in [6.07, 6.45) is 1.89. The number of halogens is 2. The monoisotopic (exact) mass is 279 g/mol. The van der Waals surface area contributed by atoms with Crippen LogP contribution in [0.25, 0.3) is 0 Å². The lowest BCUT2D eigenvalue weighted by Crippen LogP contribution is -2.04. The zero-order valence-electron chi connectivity index (χ0n) is 9.78. The van der Waals surface area contributed by atoms with Gasteiger partial charge in [0.1, 0.15) is 0 Å². The van der Waals surface area contributed by atoms with Gasteiger partial charge in [-0.2, -0.15) is 0 Å². The van der Waals surface area contributed by atoms with Gasteiger partial charge in [-0.05, 0) is 36.8 Å². The summed E-state index contributed by atoms with van der Waals surface area (Å²) in [6, 6.07) is 8.62. The van der Waals surface area contributed by atoms with Crippen molar-refractivity contribution in [2.24, 2.45) is 0 Å². The van der Waals surface area contributed by atoms with Crippen LogP contribution < -0.4 is 0 Å². The number of benzene rings is 1. The zero-order valence-corrected chi connectivity index (χ0v) is 11.3. The van der Waals surface area contributed by atoms with Crippen molar-refractivity contribution in [3.8, 4) is 0 Å². The van der Waals surface area contributed by atoms with Crippen LogP contribution in [0, 0.1) is 6.92 Å². The summed E-state index contributed by atoms with van der Waals surface area (Å²) in [4.78, 5) is 16.1. The van der Waals surface area contributed by atoms with Gasteiger partial charge in [-0.3, -0.25) is 9.78 Å². The molecule has 0 aliphatic heterocycles. The number of carbonyl (C=O) groups is 1. The van der Waals surface area contributed by atoms with Gasteiger partial charge in [-0.25, -0.2) is 0 Å². The molecule has 1 aromatic heterocycles. The molecule has 0 amide bonds. The molecule has 4 heteroatoms. The van der Waals surface area contributed by atoms with Gasteiger partial charge >= 0.3 is 0 Å². The quantitative estimate of drug-likeness (QED) is 0.791. The van der Waals surface area contributed by atoms with Crippen LogP contribution in [0.15, 0.2) is 36.5 Å². The Balaban J connectivity index is 2.21. The molecule has 0 atom stereocenters. The zero-order chi connectivity index (χ0) is 13.1. The van der Waals surface area contributed by atoms with Gasteiger partial charge in [0.05, 0.1) is 0 Å². The molecule has 0 saturated heterocycles. The minimum Gasteiger partial charge on any atom is -0.294 e. The third kappa shape index (κ3) is 3.09. The van der Waals surface area contributed by atoms with Gasteiger partial charge in [0.2, 0.25) is 0 Å². The van der Waals surface area contributed by atoms with Crippen LogP contribution in [0.2, 0.25) is 10.0 Å². The summed E-state index contributed by atoms with van der Waals surface area (Å²) in [6.45, 7) is 1.85. The van der Waals surface area contributed by atoms with Crippen molar-refractivity contribution in [2.75, 3.05) is 0 Å². The molecular weight excluding hydrogens is 269 g/mol. The Labute approximate surface area is 116 Å². The van der Waals surface area contributed by atoms with E-state index in [1.807, 2.05) is 6.92 Å². The summed E-state index contributed by atoms with van der Waals surface area (Å²) in [5.74, 6) is 0.0183. The third-order valence-electron chi connectivity index (χ3n) is 2.58. The number of hydrogen-bond acceptors (Lipinski definition) is 2. The molecule has 2 rings (SSSR count). The Morgan fingerprint density at radius 2 is 2.00 bits per heavy atom. The summed E-state index contributed by atoms with van der Waals surface area (Å²) in [7, 11) is 0. The van der Waals surface area contributed by atoms with E-state index in [0.717, 1.165) is 11.3 Å². The average molecular weight is 280 g/mol. The van der Waals surface area contributed by atoms with E-state index in [0.29, 0.717) is 15.6 Å². The van der Waals surface area contributed by atoms with E-state index >= 15 is 0 Å². The molecular formula is C14H11Cl2NO. The van der Waals surface area contributed by atoms with Crippen LogP contribution in [0.1, 0.15) is 21.6 Å². The second-order valence-corrected chi connectivity index (χ2v) is 4.87. The van der Waals surface area contributed by atoms with E-state index in [4.69, 9.17) is 23.2 Å². The highest BCUT2D eigenvalue weighted by Gasteiger charge is 2.10. The van der Waals surface area contributed by atoms with E-state index in [1.165, 1.54) is 0 Å². The first-order valence-corrected chi connectivity index (χ1v) is 6.21. The molecule has 0 bridgehead atoms. The first-order chi connectivity index (χ1) is 8.56. The molecule has 0 aliphatic rings. The second-order valence-electron chi connectivity index (χ2n) is 4.02. The maximum atomic E-state index is 12.1. The molecule has 1 aromatic carbocycles. The van der Waals surface area contributed by atoms with E-state index in [-0.39, 0.29) is 12.2 Å². The van der Waals surface area contributed by atoms with Gasteiger partial charge in [-0.1, -0.05) is 29.3 Å². The number of hydrogen-bond donors (Lipinski definition) is 0. The number of ketones is 1. The SMILES string of the molecule is Cc1cc(C(=O)Cc2ccc(Cl)cc2Cl)ccn1. The van der Waals surface area contributed by atoms with Crippen molar-refractivity contribution in [3.05, 3.63) is 63.4 Å². The molecule has 0 saturated carbocycles. The summed E-state index contributed by atoms with van der Waals surface area (Å²) >= 11 is 11.9. The van der Waals surface area contributed by atoms with Crippen LogP contribution in [0.4, 0.5) is 0 Å². The fraction of sp³-hybridized carbons (Fsp3) is 0.143. The smallest absolute Gasteiger partial charge is 0.167 e. The third-order valence-corrected chi connectivity index (χ3v) is 3.17. The highest BCUT2D eigenvalue weighted by molar-refractivity contribution is 6.35. The number of carbonyl (C=O) groups excluding carboxylic acids is 1. The maximum Gasteiger partial charge on any atom is 0.167 e. The lowest BCUT2D eigenvalue weighted by Gasteiger charge is -2.05. The largest absolute Gasteiger partial charge is 0.294 e. The molecule has 2 nitrogen and oxygen atoms in total. The molecule has 2 aromatic rings. The number of aromatic nitrogens is 1. The van der Waals surface area contributed by atoms with Gasteiger partial charge < -0.3 is 0 Å². The van der Waals surface area contributed by atoms with Crippen LogP contribution in [0.5, 0.6) is 0 Å². The average Bonchev–Trinajstić information content (AvgIpc) is 2.32. The molecule has 0 radical (unpaired) electrons. The maximum absolute atomic E-state index is 12.1. The van der Waals surface area contributed by atoms with E-state index in [9.17, 15) is 4.79 Å². The topological polar surface area (TPSA) is 30.0 Å². The predicted molar refractivity (Wildman–Crippen MR) is 73.5 cm³/mol. The highest BCUT2D eigenvalue weighted by atomic mass is 35.5. The van der Waals surface area contributed by atoms with Gasteiger partial charge in [-0.15, -0.1) is 0 Å². The number of rotatable bonds is 3. The van der Waals surface area contributed by atoms with Crippen LogP contribution >= 0.6 is 23.2 Å². The first kappa shape index (κ1) is 13.1. The number of nitrogens with zero attached hydrogens (tertiary/aromatic N) is 1. The lowest BCUT2D eigenvalue weighted by molar-refractivity contribution is 0.0993. The van der Waals surface area contributed by atoms with Crippen molar-refractivity contribution >= 4 is 29.0 Å². The number of aryl methyl sites for hydroxylation is 1. The first-order valence-electron chi connectivity index (χ1n) is 5.46. The summed E-state index contributed by atoms with van der Waals surface area (Å²) in [5.41, 5.74) is 2.25. The number of Topliss-reactive ketones (excluding diaryl/α,β-unsaturated/α-hetero) is 1. The Morgan fingerprint density at radius 1 is 1.22 bits per heavy atom. The van der Waals surface area contributed by atoms with Gasteiger partial charge in [0.15, 0.2) is 5.78 Å². The molecule has 18 heavy (non-hydrogen) atoms. The fourth-order valence-corrected chi connectivity index (χ4v) is 2.13. The van der Waals surface area contributed by atoms with Crippen molar-refractivity contribution in [1.29, 1.82) is 0 Å². The normalized spacial score (nSPS) is 10.4. The Morgan fingerprint density at radius 3 is 2.67 bits per heavy atom. The minimum absolute atomic E-state index is 0.0183. The molecule has 1 heterocycles. The second kappa shape index (κ2) is 5.51. The van der Waals surface area contributed by atoms with Gasteiger partial charge in [0, 0.05) is 33.9 Å². The van der Waals surface area contributed by atoms with Crippen molar-refractivity contribution in [3.63, 3.8) is 0 Å². The molecule has 92 valence electrons. The summed E-state index contributed by atoms with van der Waals surface area (Å²) < 4.78 is 0. The predicted octanol–water partition coefficient (Wildman–Crippen LogP) is 4.12. The molecule has 0 N–H and O–H groups in total. The minimum atomic E-state index is 0.0183. The molecule has 0 aliphatic carbocycles. The highest BCUT2D eigenvalue weighted by Crippen LogP contribution is 2.22.